The zero-order chi connectivity index (χ0) is 10.1. The molecule has 1 nitrogen and oxygen atoms in total. The van der Waals surface area contributed by atoms with Crippen molar-refractivity contribution in [2.24, 2.45) is 5.92 Å². The first-order valence-electron chi connectivity index (χ1n) is 4.95. The lowest BCUT2D eigenvalue weighted by molar-refractivity contribution is 0.599. The Morgan fingerprint density at radius 2 is 2.14 bits per heavy atom. The van der Waals surface area contributed by atoms with Gasteiger partial charge in [0.05, 0.1) is 5.69 Å². The Hall–Kier alpha value is -0.890. The Bertz CT molecular complexity index is 369. The highest BCUT2D eigenvalue weighted by molar-refractivity contribution is 7.80. The minimum absolute atomic E-state index is 0.427. The third kappa shape index (κ3) is 1.67. The maximum absolute atomic E-state index is 4.45. The first-order chi connectivity index (χ1) is 6.68. The second-order valence-electron chi connectivity index (χ2n) is 4.01. The molecule has 0 bridgehead atoms. The van der Waals surface area contributed by atoms with Crippen LogP contribution in [0.25, 0.3) is 6.08 Å². The molecule has 2 rings (SSSR count). The summed E-state index contributed by atoms with van der Waals surface area (Å²) < 4.78 is 0. The number of thiol groups is 1. The molecule has 1 N–H and O–H groups in total. The number of hydrogen-bond acceptors (Lipinski definition) is 2. The average Bonchev–Trinajstić information content (AvgIpc) is 2.18. The third-order valence-corrected chi connectivity index (χ3v) is 2.96. The quantitative estimate of drug-likeness (QED) is 0.669. The SMILES string of the molecule is CC(C)C1C=Cc2cccc(S)c2N1. The molecule has 0 aliphatic carbocycles. The van der Waals surface area contributed by atoms with Gasteiger partial charge in [-0.3, -0.25) is 0 Å². The van der Waals surface area contributed by atoms with Crippen LogP contribution < -0.4 is 5.32 Å². The highest BCUT2D eigenvalue weighted by atomic mass is 32.1. The van der Waals surface area contributed by atoms with E-state index in [2.05, 4.69) is 50.0 Å². The van der Waals surface area contributed by atoms with Gasteiger partial charge >= 0.3 is 0 Å². The summed E-state index contributed by atoms with van der Waals surface area (Å²) in [5.74, 6) is 0.604. The van der Waals surface area contributed by atoms with Crippen molar-refractivity contribution in [2.45, 2.75) is 24.8 Å². The summed E-state index contributed by atoms with van der Waals surface area (Å²) in [5.41, 5.74) is 2.39. The van der Waals surface area contributed by atoms with E-state index in [9.17, 15) is 0 Å². The van der Waals surface area contributed by atoms with Crippen LogP contribution in [0.1, 0.15) is 19.4 Å². The molecule has 0 radical (unpaired) electrons. The Kier molecular flexibility index (Phi) is 2.55. The molecule has 14 heavy (non-hydrogen) atoms. The van der Waals surface area contributed by atoms with Crippen molar-refractivity contribution in [3.8, 4) is 0 Å². The highest BCUT2D eigenvalue weighted by Crippen LogP contribution is 2.30. The monoisotopic (exact) mass is 205 g/mol. The van der Waals surface area contributed by atoms with Crippen molar-refractivity contribution in [3.63, 3.8) is 0 Å². The van der Waals surface area contributed by atoms with E-state index in [1.807, 2.05) is 12.1 Å². The molecule has 1 aliphatic rings. The van der Waals surface area contributed by atoms with Gasteiger partial charge in [0, 0.05) is 10.9 Å². The minimum atomic E-state index is 0.427. The van der Waals surface area contributed by atoms with Gasteiger partial charge < -0.3 is 5.32 Å². The van der Waals surface area contributed by atoms with Crippen molar-refractivity contribution < 1.29 is 0 Å². The van der Waals surface area contributed by atoms with E-state index in [-0.39, 0.29) is 0 Å². The Morgan fingerprint density at radius 1 is 1.36 bits per heavy atom. The fourth-order valence-electron chi connectivity index (χ4n) is 1.66. The molecule has 0 saturated carbocycles. The zero-order valence-corrected chi connectivity index (χ0v) is 9.38. The molecule has 74 valence electrons. The summed E-state index contributed by atoms with van der Waals surface area (Å²) in [6.45, 7) is 4.43. The standard InChI is InChI=1S/C12H15NS/c1-8(2)10-7-6-9-4-3-5-11(14)12(9)13-10/h3-8,10,13-14H,1-2H3. The molecule has 0 spiro atoms. The van der Waals surface area contributed by atoms with E-state index in [1.54, 1.807) is 0 Å². The number of hydrogen-bond donors (Lipinski definition) is 2. The molecule has 0 saturated heterocycles. The number of fused-ring (bicyclic) bond motifs is 1. The highest BCUT2D eigenvalue weighted by Gasteiger charge is 2.16. The van der Waals surface area contributed by atoms with Crippen LogP contribution in [0.5, 0.6) is 0 Å². The van der Waals surface area contributed by atoms with Gasteiger partial charge in [-0.25, -0.2) is 0 Å². The van der Waals surface area contributed by atoms with E-state index in [4.69, 9.17) is 0 Å². The molecule has 0 fully saturated rings. The summed E-state index contributed by atoms with van der Waals surface area (Å²) in [5, 5.41) is 3.50. The van der Waals surface area contributed by atoms with Gasteiger partial charge in [-0.05, 0) is 17.5 Å². The predicted octanol–water partition coefficient (Wildman–Crippen LogP) is 3.44. The summed E-state index contributed by atoms with van der Waals surface area (Å²) in [6.07, 6.45) is 4.40. The summed E-state index contributed by atoms with van der Waals surface area (Å²) in [6, 6.07) is 6.58. The molecular weight excluding hydrogens is 190 g/mol. The van der Waals surface area contributed by atoms with Gasteiger partial charge in [-0.2, -0.15) is 0 Å². The molecule has 1 atom stereocenters. The van der Waals surface area contributed by atoms with Gasteiger partial charge in [-0.15, -0.1) is 12.6 Å². The van der Waals surface area contributed by atoms with Crippen LogP contribution in [-0.4, -0.2) is 6.04 Å². The van der Waals surface area contributed by atoms with Crippen LogP contribution in [-0.2, 0) is 0 Å². The summed E-state index contributed by atoms with van der Waals surface area (Å²) in [7, 11) is 0. The maximum atomic E-state index is 4.45. The first kappa shape index (κ1) is 9.66. The van der Waals surface area contributed by atoms with Crippen molar-refractivity contribution in [1.29, 1.82) is 0 Å². The van der Waals surface area contributed by atoms with E-state index in [0.717, 1.165) is 10.6 Å². The minimum Gasteiger partial charge on any atom is -0.377 e. The number of para-hydroxylation sites is 1. The largest absolute Gasteiger partial charge is 0.377 e. The van der Waals surface area contributed by atoms with E-state index in [1.165, 1.54) is 5.56 Å². The second kappa shape index (κ2) is 3.70. The van der Waals surface area contributed by atoms with Crippen LogP contribution in [0.4, 0.5) is 5.69 Å². The molecule has 1 aliphatic heterocycles. The molecule has 1 heterocycles. The van der Waals surface area contributed by atoms with Gasteiger partial charge in [0.15, 0.2) is 0 Å². The fraction of sp³-hybridized carbons (Fsp3) is 0.333. The number of benzene rings is 1. The molecule has 2 heteroatoms. The Labute approximate surface area is 90.6 Å². The lowest BCUT2D eigenvalue weighted by Gasteiger charge is -2.26. The van der Waals surface area contributed by atoms with Crippen molar-refractivity contribution in [2.75, 3.05) is 5.32 Å². The van der Waals surface area contributed by atoms with Crippen molar-refractivity contribution in [3.05, 3.63) is 29.8 Å². The lowest BCUT2D eigenvalue weighted by atomic mass is 9.98. The van der Waals surface area contributed by atoms with Gasteiger partial charge in [0.1, 0.15) is 0 Å². The average molecular weight is 205 g/mol. The smallest absolute Gasteiger partial charge is 0.0553 e. The lowest BCUT2D eigenvalue weighted by Crippen LogP contribution is -2.25. The van der Waals surface area contributed by atoms with Gasteiger partial charge in [0.2, 0.25) is 0 Å². The van der Waals surface area contributed by atoms with E-state index < -0.39 is 0 Å². The van der Waals surface area contributed by atoms with Gasteiger partial charge in [0.25, 0.3) is 0 Å². The predicted molar refractivity (Wildman–Crippen MR) is 65.0 cm³/mol. The summed E-state index contributed by atoms with van der Waals surface area (Å²) >= 11 is 4.45. The topological polar surface area (TPSA) is 12.0 Å². The van der Waals surface area contributed by atoms with Crippen LogP contribution in [0.15, 0.2) is 29.2 Å². The van der Waals surface area contributed by atoms with Crippen LogP contribution >= 0.6 is 12.6 Å². The van der Waals surface area contributed by atoms with Crippen LogP contribution in [0, 0.1) is 5.92 Å². The summed E-state index contributed by atoms with van der Waals surface area (Å²) in [4.78, 5) is 1.03. The van der Waals surface area contributed by atoms with Gasteiger partial charge in [-0.1, -0.05) is 38.1 Å². The molecule has 1 unspecified atom stereocenters. The van der Waals surface area contributed by atoms with Crippen molar-refractivity contribution in [1.82, 2.24) is 0 Å². The molecule has 1 aromatic carbocycles. The first-order valence-corrected chi connectivity index (χ1v) is 5.40. The van der Waals surface area contributed by atoms with Crippen molar-refractivity contribution >= 4 is 24.4 Å². The second-order valence-corrected chi connectivity index (χ2v) is 4.50. The molecule has 0 aromatic heterocycles. The zero-order valence-electron chi connectivity index (χ0n) is 8.49. The number of nitrogens with one attached hydrogen (secondary N) is 1. The van der Waals surface area contributed by atoms with Crippen LogP contribution in [0.3, 0.4) is 0 Å². The van der Waals surface area contributed by atoms with Crippen LogP contribution in [0.2, 0.25) is 0 Å². The fourth-order valence-corrected chi connectivity index (χ4v) is 1.94. The Balaban J connectivity index is 2.37. The maximum Gasteiger partial charge on any atom is 0.0553 e. The molecule has 0 amide bonds. The molecule has 1 aromatic rings. The third-order valence-electron chi connectivity index (χ3n) is 2.59. The van der Waals surface area contributed by atoms with E-state index >= 15 is 0 Å². The number of rotatable bonds is 1. The molecular formula is C12H15NS. The Morgan fingerprint density at radius 3 is 2.86 bits per heavy atom. The normalized spacial score (nSPS) is 19.3. The van der Waals surface area contributed by atoms with E-state index in [0.29, 0.717) is 12.0 Å². The number of anilines is 1.